The number of amides is 2. The quantitative estimate of drug-likeness (QED) is 0.238. The monoisotopic (exact) mass is 473 g/mol. The molecule has 0 aromatic heterocycles. The standard InChI is InChI=1S/C28H47N3O3/c1-5-6-9-20-30(3)21-10-7-8-11-22-34-27-18-16-26(17-19-27)31(4)28(33)29-25-14-12-24(13-15-25)23(2)32/h12-15,26-27H,5-11,16-22H2,1-4H3,(H,29,33). The van der Waals surface area contributed by atoms with Crippen molar-refractivity contribution in [1.29, 1.82) is 0 Å². The Balaban J connectivity index is 1.54. The molecular formula is C28H47N3O3. The van der Waals surface area contributed by atoms with Gasteiger partial charge in [0.25, 0.3) is 0 Å². The summed E-state index contributed by atoms with van der Waals surface area (Å²) in [6.45, 7) is 7.08. The fourth-order valence-corrected chi connectivity index (χ4v) is 4.60. The Morgan fingerprint density at radius 1 is 0.912 bits per heavy atom. The van der Waals surface area contributed by atoms with Gasteiger partial charge in [-0.2, -0.15) is 0 Å². The zero-order chi connectivity index (χ0) is 24.8. The summed E-state index contributed by atoms with van der Waals surface area (Å²) in [6.07, 6.45) is 13.2. The van der Waals surface area contributed by atoms with Crippen LogP contribution in [0.25, 0.3) is 0 Å². The van der Waals surface area contributed by atoms with E-state index in [9.17, 15) is 9.59 Å². The first kappa shape index (κ1) is 28.3. The van der Waals surface area contributed by atoms with Gasteiger partial charge in [-0.3, -0.25) is 4.79 Å². The van der Waals surface area contributed by atoms with Gasteiger partial charge in [-0.15, -0.1) is 0 Å². The fraction of sp³-hybridized carbons (Fsp3) is 0.714. The highest BCUT2D eigenvalue weighted by Gasteiger charge is 2.27. The van der Waals surface area contributed by atoms with E-state index in [1.54, 1.807) is 24.3 Å². The summed E-state index contributed by atoms with van der Waals surface area (Å²) in [5.74, 6) is 0.0231. The largest absolute Gasteiger partial charge is 0.378 e. The Morgan fingerprint density at radius 2 is 1.53 bits per heavy atom. The zero-order valence-corrected chi connectivity index (χ0v) is 22.0. The molecule has 0 aliphatic heterocycles. The number of ketones is 1. The van der Waals surface area contributed by atoms with Crippen LogP contribution < -0.4 is 5.32 Å². The molecule has 0 unspecified atom stereocenters. The van der Waals surface area contributed by atoms with Crippen LogP contribution >= 0.6 is 0 Å². The molecule has 1 aromatic carbocycles. The van der Waals surface area contributed by atoms with E-state index < -0.39 is 0 Å². The van der Waals surface area contributed by atoms with Crippen molar-refractivity contribution in [3.63, 3.8) is 0 Å². The molecule has 2 amide bonds. The summed E-state index contributed by atoms with van der Waals surface area (Å²) in [5.41, 5.74) is 1.36. The summed E-state index contributed by atoms with van der Waals surface area (Å²) in [5, 5.41) is 2.94. The molecule has 1 aliphatic carbocycles. The van der Waals surface area contributed by atoms with Crippen molar-refractivity contribution in [2.45, 2.75) is 96.6 Å². The smallest absolute Gasteiger partial charge is 0.321 e. The highest BCUT2D eigenvalue weighted by molar-refractivity contribution is 5.95. The van der Waals surface area contributed by atoms with Gasteiger partial charge in [0.2, 0.25) is 0 Å². The van der Waals surface area contributed by atoms with E-state index in [-0.39, 0.29) is 17.9 Å². The third-order valence-corrected chi connectivity index (χ3v) is 6.99. The van der Waals surface area contributed by atoms with E-state index in [1.165, 1.54) is 58.5 Å². The molecule has 0 saturated heterocycles. The molecule has 0 atom stereocenters. The number of carbonyl (C=O) groups excluding carboxylic acids is 2. The molecule has 6 heteroatoms. The van der Waals surface area contributed by atoms with Gasteiger partial charge < -0.3 is 19.9 Å². The van der Waals surface area contributed by atoms with E-state index in [0.29, 0.717) is 17.4 Å². The maximum absolute atomic E-state index is 12.6. The maximum atomic E-state index is 12.6. The maximum Gasteiger partial charge on any atom is 0.321 e. The number of anilines is 1. The van der Waals surface area contributed by atoms with Crippen LogP contribution in [0.15, 0.2) is 24.3 Å². The van der Waals surface area contributed by atoms with Gasteiger partial charge in [0, 0.05) is 30.9 Å². The molecule has 0 spiro atoms. The number of Topliss-reactive ketones (excluding diaryl/α,β-unsaturated/α-hetero) is 1. The van der Waals surface area contributed by atoms with Gasteiger partial charge in [-0.1, -0.05) is 32.6 Å². The van der Waals surface area contributed by atoms with Gasteiger partial charge in [-0.25, -0.2) is 4.79 Å². The predicted octanol–water partition coefficient (Wildman–Crippen LogP) is 6.36. The van der Waals surface area contributed by atoms with Crippen molar-refractivity contribution in [2.24, 2.45) is 0 Å². The second-order valence-electron chi connectivity index (χ2n) is 9.90. The molecule has 1 fully saturated rings. The Bertz CT molecular complexity index is 714. The number of ether oxygens (including phenoxy) is 1. The summed E-state index contributed by atoms with van der Waals surface area (Å²) in [7, 11) is 4.11. The number of urea groups is 1. The van der Waals surface area contributed by atoms with Crippen molar-refractivity contribution >= 4 is 17.5 Å². The lowest BCUT2D eigenvalue weighted by molar-refractivity contribution is 0.0130. The van der Waals surface area contributed by atoms with E-state index in [4.69, 9.17) is 4.74 Å². The number of carbonyl (C=O) groups is 2. The highest BCUT2D eigenvalue weighted by atomic mass is 16.5. The first-order valence-corrected chi connectivity index (χ1v) is 13.4. The predicted molar refractivity (Wildman–Crippen MR) is 141 cm³/mol. The lowest BCUT2D eigenvalue weighted by Gasteiger charge is -2.34. The second-order valence-corrected chi connectivity index (χ2v) is 9.90. The molecule has 1 aromatic rings. The third-order valence-electron chi connectivity index (χ3n) is 6.99. The van der Waals surface area contributed by atoms with Gasteiger partial charge in [-0.05, 0) is 96.3 Å². The lowest BCUT2D eigenvalue weighted by Crippen LogP contribution is -2.42. The molecule has 1 aliphatic rings. The molecule has 192 valence electrons. The minimum Gasteiger partial charge on any atom is -0.378 e. The number of nitrogens with one attached hydrogen (secondary N) is 1. The summed E-state index contributed by atoms with van der Waals surface area (Å²) in [4.78, 5) is 28.3. The number of unbranched alkanes of at least 4 members (excludes halogenated alkanes) is 5. The first-order chi connectivity index (χ1) is 16.4. The van der Waals surface area contributed by atoms with E-state index in [2.05, 4.69) is 24.2 Å². The highest BCUT2D eigenvalue weighted by Crippen LogP contribution is 2.25. The van der Waals surface area contributed by atoms with Crippen LogP contribution in [-0.2, 0) is 4.74 Å². The van der Waals surface area contributed by atoms with Crippen molar-refractivity contribution in [3.8, 4) is 0 Å². The van der Waals surface area contributed by atoms with Crippen LogP contribution in [0.2, 0.25) is 0 Å². The van der Waals surface area contributed by atoms with Crippen molar-refractivity contribution in [3.05, 3.63) is 29.8 Å². The number of benzene rings is 1. The lowest BCUT2D eigenvalue weighted by atomic mass is 9.92. The minimum absolute atomic E-state index is 0.0231. The summed E-state index contributed by atoms with van der Waals surface area (Å²) >= 11 is 0. The SMILES string of the molecule is CCCCCN(C)CCCCCCOC1CCC(N(C)C(=O)Nc2ccc(C(C)=O)cc2)CC1. The molecule has 34 heavy (non-hydrogen) atoms. The van der Waals surface area contributed by atoms with Gasteiger partial charge >= 0.3 is 6.03 Å². The third kappa shape index (κ3) is 10.6. The average Bonchev–Trinajstić information content (AvgIpc) is 2.84. The molecule has 1 saturated carbocycles. The van der Waals surface area contributed by atoms with Crippen molar-refractivity contribution in [1.82, 2.24) is 9.80 Å². The summed E-state index contributed by atoms with van der Waals surface area (Å²) in [6, 6.07) is 7.18. The van der Waals surface area contributed by atoms with Crippen LogP contribution in [0.1, 0.15) is 94.8 Å². The van der Waals surface area contributed by atoms with Crippen molar-refractivity contribution < 1.29 is 14.3 Å². The van der Waals surface area contributed by atoms with Crippen LogP contribution in [-0.4, -0.2) is 67.6 Å². The van der Waals surface area contributed by atoms with Crippen LogP contribution in [0.4, 0.5) is 10.5 Å². The number of rotatable bonds is 15. The molecule has 0 heterocycles. The van der Waals surface area contributed by atoms with Crippen LogP contribution in [0.5, 0.6) is 0 Å². The van der Waals surface area contributed by atoms with Crippen LogP contribution in [0.3, 0.4) is 0 Å². The van der Waals surface area contributed by atoms with E-state index in [0.717, 1.165) is 38.7 Å². The zero-order valence-electron chi connectivity index (χ0n) is 22.0. The van der Waals surface area contributed by atoms with E-state index in [1.807, 2.05) is 11.9 Å². The molecule has 1 N–H and O–H groups in total. The Hall–Kier alpha value is -1.92. The Morgan fingerprint density at radius 3 is 2.15 bits per heavy atom. The Labute approximate surface area is 207 Å². The second kappa shape index (κ2) is 15.9. The fourth-order valence-electron chi connectivity index (χ4n) is 4.60. The number of hydrogen-bond acceptors (Lipinski definition) is 4. The molecule has 0 bridgehead atoms. The number of nitrogens with zero attached hydrogens (tertiary/aromatic N) is 2. The molecule has 6 nitrogen and oxygen atoms in total. The summed E-state index contributed by atoms with van der Waals surface area (Å²) < 4.78 is 6.13. The normalized spacial score (nSPS) is 18.1. The first-order valence-electron chi connectivity index (χ1n) is 13.4. The molecule has 2 rings (SSSR count). The van der Waals surface area contributed by atoms with Gasteiger partial charge in [0.05, 0.1) is 6.10 Å². The van der Waals surface area contributed by atoms with Gasteiger partial charge in [0.15, 0.2) is 5.78 Å². The topological polar surface area (TPSA) is 61.9 Å². The molecular weight excluding hydrogens is 426 g/mol. The minimum atomic E-state index is -0.101. The van der Waals surface area contributed by atoms with Crippen molar-refractivity contribution in [2.75, 3.05) is 39.1 Å². The number of hydrogen-bond donors (Lipinski definition) is 1. The Kier molecular flexibility index (Phi) is 13.2. The average molecular weight is 474 g/mol. The van der Waals surface area contributed by atoms with E-state index >= 15 is 0 Å². The van der Waals surface area contributed by atoms with Crippen LogP contribution in [0, 0.1) is 0 Å². The van der Waals surface area contributed by atoms with Gasteiger partial charge in [0.1, 0.15) is 0 Å². The molecule has 0 radical (unpaired) electrons.